The Morgan fingerprint density at radius 2 is 1.58 bits per heavy atom. The van der Waals surface area contributed by atoms with Gasteiger partial charge in [0.05, 0.1) is 0 Å². The van der Waals surface area contributed by atoms with E-state index >= 15 is 0 Å². The van der Waals surface area contributed by atoms with Crippen LogP contribution in [0.25, 0.3) is 0 Å². The van der Waals surface area contributed by atoms with E-state index < -0.39 is 15.0 Å². The average molecular weight is 314 g/mol. The van der Waals surface area contributed by atoms with Crippen LogP contribution in [0.3, 0.4) is 0 Å². The van der Waals surface area contributed by atoms with E-state index in [2.05, 4.69) is 31.9 Å². The SMILES string of the molecule is CCC(Br)(C(O)(F)F)C(C)(F)Br. The van der Waals surface area contributed by atoms with Crippen LogP contribution in [0, 0.1) is 0 Å². The first-order valence-electron chi connectivity index (χ1n) is 3.23. The van der Waals surface area contributed by atoms with Gasteiger partial charge in [0.25, 0.3) is 0 Å². The normalized spacial score (nSPS) is 23.0. The molecule has 0 saturated carbocycles. The molecule has 0 aromatic heterocycles. The fourth-order valence-corrected chi connectivity index (χ4v) is 1.31. The molecule has 74 valence electrons. The van der Waals surface area contributed by atoms with Crippen molar-refractivity contribution in [2.24, 2.45) is 0 Å². The Bertz CT molecular complexity index is 147. The second-order valence-corrected chi connectivity index (χ2v) is 5.43. The smallest absolute Gasteiger partial charge is 0.335 e. The number of hydrogen-bond acceptors (Lipinski definition) is 1. The van der Waals surface area contributed by atoms with Crippen molar-refractivity contribution in [3.05, 3.63) is 0 Å². The molecule has 0 amide bonds. The molecule has 0 radical (unpaired) electrons. The molecule has 0 aliphatic rings. The van der Waals surface area contributed by atoms with Crippen LogP contribution >= 0.6 is 31.9 Å². The van der Waals surface area contributed by atoms with Crippen molar-refractivity contribution in [2.75, 3.05) is 0 Å². The molecular weight excluding hydrogens is 305 g/mol. The average Bonchev–Trinajstić information content (AvgIpc) is 1.81. The van der Waals surface area contributed by atoms with Crippen molar-refractivity contribution < 1.29 is 18.3 Å². The van der Waals surface area contributed by atoms with Gasteiger partial charge in [0.1, 0.15) is 0 Å². The van der Waals surface area contributed by atoms with Gasteiger partial charge in [-0.1, -0.05) is 22.9 Å². The molecule has 2 atom stereocenters. The Morgan fingerprint density at radius 3 is 1.58 bits per heavy atom. The predicted molar refractivity (Wildman–Crippen MR) is 47.6 cm³/mol. The third-order valence-corrected chi connectivity index (χ3v) is 4.65. The Balaban J connectivity index is 4.95. The van der Waals surface area contributed by atoms with Crippen LogP contribution < -0.4 is 0 Å². The van der Waals surface area contributed by atoms with Crippen LogP contribution in [0.5, 0.6) is 0 Å². The molecular formula is C6H9Br2F3O. The molecule has 0 aliphatic carbocycles. The third kappa shape index (κ3) is 2.14. The third-order valence-electron chi connectivity index (χ3n) is 1.66. The minimum Gasteiger partial charge on any atom is -0.335 e. The highest BCUT2D eigenvalue weighted by molar-refractivity contribution is 9.12. The summed E-state index contributed by atoms with van der Waals surface area (Å²) in [7, 11) is 0. The van der Waals surface area contributed by atoms with Crippen LogP contribution in [0.2, 0.25) is 0 Å². The van der Waals surface area contributed by atoms with Crippen LogP contribution in [-0.4, -0.2) is 20.1 Å². The zero-order valence-electron chi connectivity index (χ0n) is 6.54. The summed E-state index contributed by atoms with van der Waals surface area (Å²) in [5.74, 6) is 0. The van der Waals surface area contributed by atoms with Gasteiger partial charge < -0.3 is 5.11 Å². The van der Waals surface area contributed by atoms with Gasteiger partial charge in [-0.2, -0.15) is 8.78 Å². The Hall–Kier alpha value is 0.710. The largest absolute Gasteiger partial charge is 0.372 e. The number of halogens is 5. The van der Waals surface area contributed by atoms with E-state index in [4.69, 9.17) is 5.11 Å². The number of aliphatic hydroxyl groups is 1. The van der Waals surface area contributed by atoms with Gasteiger partial charge in [-0.3, -0.25) is 0 Å². The zero-order valence-corrected chi connectivity index (χ0v) is 9.72. The van der Waals surface area contributed by atoms with Gasteiger partial charge in [-0.15, -0.1) is 0 Å². The van der Waals surface area contributed by atoms with Gasteiger partial charge in [0, 0.05) is 0 Å². The number of rotatable bonds is 3. The lowest BCUT2D eigenvalue weighted by atomic mass is 10.0. The molecule has 0 heterocycles. The van der Waals surface area contributed by atoms with Gasteiger partial charge in [-0.25, -0.2) is 4.39 Å². The van der Waals surface area contributed by atoms with Crippen LogP contribution in [0.15, 0.2) is 0 Å². The van der Waals surface area contributed by atoms with E-state index in [1.54, 1.807) is 0 Å². The van der Waals surface area contributed by atoms with E-state index in [9.17, 15) is 13.2 Å². The Kier molecular flexibility index (Phi) is 3.66. The molecule has 1 nitrogen and oxygen atoms in total. The summed E-state index contributed by atoms with van der Waals surface area (Å²) in [4.78, 5) is 0. The van der Waals surface area contributed by atoms with Crippen molar-refractivity contribution in [1.82, 2.24) is 0 Å². The molecule has 12 heavy (non-hydrogen) atoms. The van der Waals surface area contributed by atoms with Crippen LogP contribution in [0.1, 0.15) is 20.3 Å². The topological polar surface area (TPSA) is 20.2 Å². The molecule has 0 aromatic carbocycles. The van der Waals surface area contributed by atoms with Gasteiger partial charge >= 0.3 is 6.11 Å². The second kappa shape index (κ2) is 3.46. The Morgan fingerprint density at radius 1 is 1.25 bits per heavy atom. The molecule has 0 saturated heterocycles. The molecule has 1 N–H and O–H groups in total. The summed E-state index contributed by atoms with van der Waals surface area (Å²) in [6.45, 7) is 2.26. The molecule has 0 spiro atoms. The van der Waals surface area contributed by atoms with E-state index in [-0.39, 0.29) is 6.42 Å². The standard InChI is InChI=1S/C6H9Br2F3O/c1-3-5(8,4(2,7)9)6(10,11)12/h12H,3H2,1-2H3. The zero-order chi connectivity index (χ0) is 10.2. The first-order chi connectivity index (χ1) is 5.06. The van der Waals surface area contributed by atoms with E-state index in [0.717, 1.165) is 6.92 Å². The summed E-state index contributed by atoms with van der Waals surface area (Å²) < 4.78 is 33.5. The van der Waals surface area contributed by atoms with Gasteiger partial charge in [0.15, 0.2) is 8.90 Å². The minimum absolute atomic E-state index is 0.255. The number of alkyl halides is 5. The molecule has 6 heteroatoms. The molecule has 2 unspecified atom stereocenters. The van der Waals surface area contributed by atoms with Crippen molar-refractivity contribution in [1.29, 1.82) is 0 Å². The molecule has 0 aliphatic heterocycles. The molecule has 0 bridgehead atoms. The summed E-state index contributed by atoms with van der Waals surface area (Å²) in [6.07, 6.45) is -4.37. The van der Waals surface area contributed by atoms with Crippen LogP contribution in [0.4, 0.5) is 13.2 Å². The summed E-state index contributed by atoms with van der Waals surface area (Å²) in [6, 6.07) is 0. The van der Waals surface area contributed by atoms with Crippen molar-refractivity contribution in [2.45, 2.75) is 35.3 Å². The van der Waals surface area contributed by atoms with Gasteiger partial charge in [0.2, 0.25) is 0 Å². The minimum atomic E-state index is -4.12. The van der Waals surface area contributed by atoms with E-state index in [1.165, 1.54) is 6.92 Å². The predicted octanol–water partition coefficient (Wildman–Crippen LogP) is 3.20. The lowest BCUT2D eigenvalue weighted by Gasteiger charge is -2.36. The maximum atomic E-state index is 13.2. The van der Waals surface area contributed by atoms with Crippen LogP contribution in [-0.2, 0) is 0 Å². The quantitative estimate of drug-likeness (QED) is 0.793. The highest BCUT2D eigenvalue weighted by atomic mass is 79.9. The summed E-state index contributed by atoms with van der Waals surface area (Å²) in [5, 5.41) is 8.42. The maximum Gasteiger partial charge on any atom is 0.372 e. The van der Waals surface area contributed by atoms with Crippen molar-refractivity contribution in [3.8, 4) is 0 Å². The fraction of sp³-hybridized carbons (Fsp3) is 1.00. The highest BCUT2D eigenvalue weighted by Gasteiger charge is 2.61. The number of hydrogen-bond donors (Lipinski definition) is 1. The maximum absolute atomic E-state index is 13.2. The highest BCUT2D eigenvalue weighted by Crippen LogP contribution is 2.50. The van der Waals surface area contributed by atoms with Crippen molar-refractivity contribution in [3.63, 3.8) is 0 Å². The van der Waals surface area contributed by atoms with Gasteiger partial charge in [-0.05, 0) is 29.3 Å². The molecule has 0 aromatic rings. The van der Waals surface area contributed by atoms with Crippen molar-refractivity contribution >= 4 is 31.9 Å². The fourth-order valence-electron chi connectivity index (χ4n) is 0.787. The first kappa shape index (κ1) is 12.7. The van der Waals surface area contributed by atoms with E-state index in [1.807, 2.05) is 0 Å². The monoisotopic (exact) mass is 312 g/mol. The first-order valence-corrected chi connectivity index (χ1v) is 4.82. The summed E-state index contributed by atoms with van der Waals surface area (Å²) in [5.41, 5.74) is 0. The lowest BCUT2D eigenvalue weighted by molar-refractivity contribution is -0.234. The summed E-state index contributed by atoms with van der Waals surface area (Å²) >= 11 is 4.95. The lowest BCUT2D eigenvalue weighted by Crippen LogP contribution is -2.53. The second-order valence-electron chi connectivity index (χ2n) is 2.58. The molecule has 0 rings (SSSR count). The van der Waals surface area contributed by atoms with E-state index in [0.29, 0.717) is 0 Å². The molecule has 0 fully saturated rings. The Labute approximate surface area is 85.6 Å².